The van der Waals surface area contributed by atoms with Gasteiger partial charge in [-0.1, -0.05) is 84.4 Å². The predicted molar refractivity (Wildman–Crippen MR) is 127 cm³/mol. The number of hydrogen-bond donors (Lipinski definition) is 0. The molecule has 1 aromatic heterocycles. The summed E-state index contributed by atoms with van der Waals surface area (Å²) in [4.78, 5) is 0. The average molecular weight is 458 g/mol. The summed E-state index contributed by atoms with van der Waals surface area (Å²) < 4.78 is 7.28. The van der Waals surface area contributed by atoms with E-state index in [9.17, 15) is 0 Å². The third-order valence-corrected chi connectivity index (χ3v) is 6.76. The van der Waals surface area contributed by atoms with Gasteiger partial charge in [-0.25, -0.2) is 0 Å². The minimum Gasteiger partial charge on any atom is -0.454 e. The zero-order chi connectivity index (χ0) is 19.5. The second kappa shape index (κ2) is 6.35. The lowest BCUT2D eigenvalue weighted by Gasteiger charge is -2.15. The van der Waals surface area contributed by atoms with Crippen LogP contribution >= 0.6 is 27.5 Å². The third kappa shape index (κ3) is 2.40. The summed E-state index contributed by atoms with van der Waals surface area (Å²) in [6.07, 6.45) is 0. The lowest BCUT2D eigenvalue weighted by molar-refractivity contribution is 0.669. The van der Waals surface area contributed by atoms with Gasteiger partial charge in [0.1, 0.15) is 5.58 Å². The number of furan rings is 1. The van der Waals surface area contributed by atoms with Crippen LogP contribution in [0, 0.1) is 0 Å². The molecule has 6 aromatic rings. The van der Waals surface area contributed by atoms with Gasteiger partial charge in [0.25, 0.3) is 0 Å². The Morgan fingerprint density at radius 3 is 1.90 bits per heavy atom. The van der Waals surface area contributed by atoms with Crippen molar-refractivity contribution in [3.63, 3.8) is 0 Å². The van der Waals surface area contributed by atoms with Gasteiger partial charge in [0.2, 0.25) is 0 Å². The molecule has 6 rings (SSSR count). The molecule has 0 bridgehead atoms. The van der Waals surface area contributed by atoms with Gasteiger partial charge in [-0.2, -0.15) is 0 Å². The Balaban J connectivity index is 1.89. The van der Waals surface area contributed by atoms with Gasteiger partial charge in [0.05, 0.1) is 5.02 Å². The molecule has 29 heavy (non-hydrogen) atoms. The van der Waals surface area contributed by atoms with Crippen LogP contribution in [-0.4, -0.2) is 0 Å². The quantitative estimate of drug-likeness (QED) is 0.224. The summed E-state index contributed by atoms with van der Waals surface area (Å²) in [5, 5.41) is 7.59. The first-order valence-corrected chi connectivity index (χ1v) is 10.6. The molecule has 1 heterocycles. The number of hydrogen-bond acceptors (Lipinski definition) is 1. The lowest BCUT2D eigenvalue weighted by Crippen LogP contribution is -1.88. The molecule has 0 aliphatic carbocycles. The molecule has 1 nitrogen and oxygen atoms in total. The fourth-order valence-corrected chi connectivity index (χ4v) is 5.29. The number of fused-ring (bicyclic) bond motifs is 5. The SMILES string of the molecule is Clc1cccc2c1oc1cccc(-c3c4ccccc4c(Br)c4ccccc34)c12. The maximum atomic E-state index is 6.44. The van der Waals surface area contributed by atoms with Crippen LogP contribution in [0.4, 0.5) is 0 Å². The number of benzene rings is 5. The Hall–Kier alpha value is -2.81. The van der Waals surface area contributed by atoms with Crippen LogP contribution in [0.25, 0.3) is 54.6 Å². The number of para-hydroxylation sites is 1. The first kappa shape index (κ1) is 17.1. The predicted octanol–water partition coefficient (Wildman–Crippen LogP) is 8.98. The van der Waals surface area contributed by atoms with E-state index in [2.05, 4.69) is 82.7 Å². The van der Waals surface area contributed by atoms with E-state index in [1.807, 2.05) is 18.2 Å². The summed E-state index contributed by atoms with van der Waals surface area (Å²) in [6.45, 7) is 0. The van der Waals surface area contributed by atoms with Gasteiger partial charge >= 0.3 is 0 Å². The van der Waals surface area contributed by atoms with Crippen LogP contribution in [0.2, 0.25) is 5.02 Å². The van der Waals surface area contributed by atoms with Crippen molar-refractivity contribution in [1.29, 1.82) is 0 Å². The van der Waals surface area contributed by atoms with E-state index in [0.717, 1.165) is 32.0 Å². The van der Waals surface area contributed by atoms with Crippen LogP contribution < -0.4 is 0 Å². The first-order valence-electron chi connectivity index (χ1n) is 9.43. The van der Waals surface area contributed by atoms with Gasteiger partial charge in [0.15, 0.2) is 5.58 Å². The van der Waals surface area contributed by atoms with Crippen molar-refractivity contribution in [3.8, 4) is 11.1 Å². The topological polar surface area (TPSA) is 13.1 Å². The molecule has 0 radical (unpaired) electrons. The molecule has 5 aromatic carbocycles. The first-order chi connectivity index (χ1) is 14.2. The molecule has 0 fully saturated rings. The molecule has 0 saturated carbocycles. The second-order valence-corrected chi connectivity index (χ2v) is 8.38. The maximum Gasteiger partial charge on any atom is 0.154 e. The summed E-state index contributed by atoms with van der Waals surface area (Å²) in [7, 11) is 0. The van der Waals surface area contributed by atoms with E-state index in [4.69, 9.17) is 16.0 Å². The Labute approximate surface area is 180 Å². The van der Waals surface area contributed by atoms with Gasteiger partial charge in [-0.3, -0.25) is 0 Å². The van der Waals surface area contributed by atoms with Gasteiger partial charge < -0.3 is 4.42 Å². The Bertz CT molecular complexity index is 1520. The highest BCUT2D eigenvalue weighted by Gasteiger charge is 2.19. The Kier molecular flexibility index (Phi) is 3.74. The van der Waals surface area contributed by atoms with Crippen molar-refractivity contribution in [2.75, 3.05) is 0 Å². The highest BCUT2D eigenvalue weighted by molar-refractivity contribution is 9.10. The van der Waals surface area contributed by atoms with Crippen LogP contribution in [0.1, 0.15) is 0 Å². The van der Waals surface area contributed by atoms with Crippen LogP contribution in [0.5, 0.6) is 0 Å². The number of rotatable bonds is 1. The van der Waals surface area contributed by atoms with Crippen LogP contribution in [0.3, 0.4) is 0 Å². The van der Waals surface area contributed by atoms with E-state index in [1.165, 1.54) is 27.1 Å². The standard InChI is InChI=1S/C26H14BrClO/c27-25-17-9-3-1-7-15(17)23(16-8-2-4-10-18(16)25)19-11-6-14-22-24(19)20-12-5-13-21(28)26(20)29-22/h1-14H. The monoisotopic (exact) mass is 456 g/mol. The molecule has 3 heteroatoms. The maximum absolute atomic E-state index is 6.44. The Morgan fingerprint density at radius 2 is 1.21 bits per heavy atom. The van der Waals surface area contributed by atoms with Crippen molar-refractivity contribution in [2.24, 2.45) is 0 Å². The average Bonchev–Trinajstić information content (AvgIpc) is 3.15. The molecular weight excluding hydrogens is 444 g/mol. The zero-order valence-electron chi connectivity index (χ0n) is 15.2. The lowest BCUT2D eigenvalue weighted by atomic mass is 9.90. The second-order valence-electron chi connectivity index (χ2n) is 7.18. The highest BCUT2D eigenvalue weighted by atomic mass is 79.9. The van der Waals surface area contributed by atoms with E-state index >= 15 is 0 Å². The van der Waals surface area contributed by atoms with Gasteiger partial charge in [-0.05, 0) is 60.7 Å². The molecule has 0 aliphatic heterocycles. The van der Waals surface area contributed by atoms with Gasteiger partial charge in [0, 0.05) is 15.2 Å². The molecular formula is C26H14BrClO. The molecule has 138 valence electrons. The fourth-order valence-electron chi connectivity index (χ4n) is 4.39. The molecule has 0 amide bonds. The Morgan fingerprint density at radius 1 is 0.621 bits per heavy atom. The molecule has 0 saturated heterocycles. The van der Waals surface area contributed by atoms with Crippen LogP contribution in [-0.2, 0) is 0 Å². The zero-order valence-corrected chi connectivity index (χ0v) is 17.6. The minimum atomic E-state index is 0.634. The fraction of sp³-hybridized carbons (Fsp3) is 0. The van der Waals surface area contributed by atoms with Crippen molar-refractivity contribution in [3.05, 3.63) is 94.4 Å². The van der Waals surface area contributed by atoms with E-state index < -0.39 is 0 Å². The summed E-state index contributed by atoms with van der Waals surface area (Å²) in [5.74, 6) is 0. The van der Waals surface area contributed by atoms with E-state index in [-0.39, 0.29) is 0 Å². The molecule has 0 aliphatic rings. The number of halogens is 2. The highest BCUT2D eigenvalue weighted by Crippen LogP contribution is 2.46. The van der Waals surface area contributed by atoms with E-state index in [1.54, 1.807) is 0 Å². The largest absolute Gasteiger partial charge is 0.454 e. The van der Waals surface area contributed by atoms with Crippen molar-refractivity contribution < 1.29 is 4.42 Å². The molecule has 0 atom stereocenters. The summed E-state index contributed by atoms with van der Waals surface area (Å²) >= 11 is 10.3. The van der Waals surface area contributed by atoms with Gasteiger partial charge in [-0.15, -0.1) is 0 Å². The van der Waals surface area contributed by atoms with Crippen molar-refractivity contribution in [1.82, 2.24) is 0 Å². The third-order valence-electron chi connectivity index (χ3n) is 5.61. The van der Waals surface area contributed by atoms with Crippen molar-refractivity contribution >= 4 is 71.0 Å². The van der Waals surface area contributed by atoms with Crippen molar-refractivity contribution in [2.45, 2.75) is 0 Å². The molecule has 0 unspecified atom stereocenters. The minimum absolute atomic E-state index is 0.634. The molecule has 0 spiro atoms. The normalized spacial score (nSPS) is 11.8. The van der Waals surface area contributed by atoms with E-state index in [0.29, 0.717) is 5.02 Å². The summed E-state index contributed by atoms with van der Waals surface area (Å²) in [5.41, 5.74) is 3.96. The van der Waals surface area contributed by atoms with Crippen LogP contribution in [0.15, 0.2) is 93.8 Å². The molecule has 0 N–H and O–H groups in total. The smallest absolute Gasteiger partial charge is 0.154 e. The summed E-state index contributed by atoms with van der Waals surface area (Å²) in [6, 6.07) is 29.3.